The number of carbonyl (C=O) groups excluding carboxylic acids is 4. The minimum absolute atomic E-state index is 0.174. The van der Waals surface area contributed by atoms with Crippen molar-refractivity contribution in [1.29, 1.82) is 0 Å². The maximum atomic E-state index is 13.8. The van der Waals surface area contributed by atoms with Gasteiger partial charge in [-0.1, -0.05) is 60.7 Å². The van der Waals surface area contributed by atoms with E-state index in [2.05, 4.69) is 20.6 Å². The average molecular weight is 701 g/mol. The first-order valence-corrected chi connectivity index (χ1v) is 16.5. The van der Waals surface area contributed by atoms with Gasteiger partial charge in [0.15, 0.2) is 0 Å². The number of hydrogen-bond acceptors (Lipinski definition) is 8. The van der Waals surface area contributed by atoms with E-state index in [-0.39, 0.29) is 36.0 Å². The van der Waals surface area contributed by atoms with Crippen molar-refractivity contribution in [3.05, 3.63) is 144 Å². The lowest BCUT2D eigenvalue weighted by Gasteiger charge is -2.25. The Morgan fingerprint density at radius 1 is 0.577 bits per heavy atom. The topological polar surface area (TPSA) is 143 Å². The third-order valence-corrected chi connectivity index (χ3v) is 8.45. The van der Waals surface area contributed by atoms with Crippen molar-refractivity contribution in [2.45, 2.75) is 24.9 Å². The number of rotatable bonds is 14. The highest BCUT2D eigenvalue weighted by Crippen LogP contribution is 2.21. The number of ether oxygens (including phenoxy) is 2. The van der Waals surface area contributed by atoms with Gasteiger partial charge in [0.1, 0.15) is 35.0 Å². The lowest BCUT2D eigenvalue weighted by Crippen LogP contribution is -2.49. The molecule has 52 heavy (non-hydrogen) atoms. The van der Waals surface area contributed by atoms with E-state index in [1.807, 2.05) is 60.7 Å². The smallest absolute Gasteiger partial charge is 0.272 e. The minimum atomic E-state index is -0.984. The van der Waals surface area contributed by atoms with Crippen LogP contribution in [0.5, 0.6) is 11.5 Å². The van der Waals surface area contributed by atoms with Gasteiger partial charge in [0, 0.05) is 38.3 Å². The lowest BCUT2D eigenvalue weighted by molar-refractivity contribution is -0.120. The monoisotopic (exact) mass is 700 g/mol. The molecule has 0 radical (unpaired) electrons. The van der Waals surface area contributed by atoms with Crippen molar-refractivity contribution in [3.8, 4) is 11.5 Å². The molecule has 2 atom stereocenters. The maximum Gasteiger partial charge on any atom is 0.272 e. The van der Waals surface area contributed by atoms with Crippen LogP contribution in [0.3, 0.4) is 0 Å². The van der Waals surface area contributed by atoms with Crippen LogP contribution in [0.25, 0.3) is 0 Å². The Labute approximate surface area is 302 Å². The molecule has 1 aromatic heterocycles. The molecule has 0 aliphatic rings. The third kappa shape index (κ3) is 9.36. The number of aromatic nitrogens is 2. The Morgan fingerprint density at radius 2 is 0.942 bits per heavy atom. The zero-order chi connectivity index (χ0) is 37.0. The summed E-state index contributed by atoms with van der Waals surface area (Å²) in [5.41, 5.74) is 2.52. The first-order valence-electron chi connectivity index (χ1n) is 16.5. The van der Waals surface area contributed by atoms with Crippen LogP contribution in [0.1, 0.15) is 32.1 Å². The molecule has 0 saturated heterocycles. The molecule has 12 nitrogen and oxygen atoms in total. The molecule has 5 aromatic rings. The summed E-state index contributed by atoms with van der Waals surface area (Å²) in [6, 6.07) is 30.6. The van der Waals surface area contributed by atoms with Crippen LogP contribution in [-0.2, 0) is 22.4 Å². The first-order chi connectivity index (χ1) is 25.2. The Morgan fingerprint density at radius 3 is 1.29 bits per heavy atom. The Hall–Kier alpha value is -6.56. The summed E-state index contributed by atoms with van der Waals surface area (Å²) in [7, 11) is 6.36. The second-order valence-electron chi connectivity index (χ2n) is 11.9. The number of anilines is 2. The molecule has 1 unspecified atom stereocenters. The second kappa shape index (κ2) is 17.4. The highest BCUT2D eigenvalue weighted by Gasteiger charge is 2.29. The predicted octanol–water partition coefficient (Wildman–Crippen LogP) is 4.50. The zero-order valence-corrected chi connectivity index (χ0v) is 29.4. The number of nitrogens with one attached hydrogen (secondary N) is 2. The van der Waals surface area contributed by atoms with Gasteiger partial charge >= 0.3 is 0 Å². The third-order valence-electron chi connectivity index (χ3n) is 8.45. The maximum absolute atomic E-state index is 13.8. The van der Waals surface area contributed by atoms with Gasteiger partial charge < -0.3 is 29.9 Å². The van der Waals surface area contributed by atoms with Gasteiger partial charge in [0.25, 0.3) is 11.8 Å². The highest BCUT2D eigenvalue weighted by molar-refractivity contribution is 6.03. The first kappa shape index (κ1) is 36.7. The van der Waals surface area contributed by atoms with Crippen molar-refractivity contribution < 1.29 is 28.7 Å². The fraction of sp³-hybridized carbons (Fsp3) is 0.200. The zero-order valence-electron chi connectivity index (χ0n) is 29.4. The molecule has 12 heteroatoms. The number of nitrogens with zero attached hydrogens (tertiary/aromatic N) is 4. The standard InChI is InChI=1S/C40H40N6O6/c1-45(29-15-19-31(51-3)20-16-29)39(49)33(23-27-11-7-5-8-12-27)43-37(47)35-25-41-26-36(42-35)38(48)44-34(24-28-13-9-6-10-14-28)40(50)46(2)30-17-21-32(52-4)22-18-30/h5-22,25-26,33-34H,23-24H2,1-4H3,(H,43,47)(H,44,48)/t33-,34?/m0/s1. The van der Waals surface area contributed by atoms with Gasteiger partial charge in [-0.15, -0.1) is 0 Å². The summed E-state index contributed by atoms with van der Waals surface area (Å²) >= 11 is 0. The number of methoxy groups -OCH3 is 2. The van der Waals surface area contributed by atoms with Gasteiger partial charge in [-0.3, -0.25) is 24.2 Å². The molecule has 0 aliphatic carbocycles. The summed E-state index contributed by atoms with van der Waals surface area (Å²) < 4.78 is 10.5. The summed E-state index contributed by atoms with van der Waals surface area (Å²) in [4.78, 5) is 66.2. The van der Waals surface area contributed by atoms with Crippen LogP contribution in [-0.4, -0.2) is 74.0 Å². The van der Waals surface area contributed by atoms with Crippen LogP contribution in [0.2, 0.25) is 0 Å². The lowest BCUT2D eigenvalue weighted by atomic mass is 10.0. The van der Waals surface area contributed by atoms with Crippen LogP contribution >= 0.6 is 0 Å². The Kier molecular flexibility index (Phi) is 12.3. The van der Waals surface area contributed by atoms with Gasteiger partial charge in [-0.2, -0.15) is 0 Å². The van der Waals surface area contributed by atoms with Crippen LogP contribution in [0.4, 0.5) is 11.4 Å². The molecule has 4 aromatic carbocycles. The molecule has 0 aliphatic heterocycles. The largest absolute Gasteiger partial charge is 0.497 e. The number of amides is 4. The molecule has 5 rings (SSSR count). The van der Waals surface area contributed by atoms with E-state index < -0.39 is 23.9 Å². The molecule has 0 bridgehead atoms. The Bertz CT molecular complexity index is 1830. The molecular weight excluding hydrogens is 660 g/mol. The quantitative estimate of drug-likeness (QED) is 0.173. The van der Waals surface area contributed by atoms with E-state index in [1.165, 1.54) is 22.2 Å². The fourth-order valence-corrected chi connectivity index (χ4v) is 5.48. The van der Waals surface area contributed by atoms with Crippen molar-refractivity contribution >= 4 is 35.0 Å². The summed E-state index contributed by atoms with van der Waals surface area (Å²) in [5.74, 6) is -0.853. The number of carbonyl (C=O) groups is 4. The van der Waals surface area contributed by atoms with E-state index >= 15 is 0 Å². The van der Waals surface area contributed by atoms with E-state index in [9.17, 15) is 19.2 Å². The highest BCUT2D eigenvalue weighted by atomic mass is 16.5. The van der Waals surface area contributed by atoms with Crippen LogP contribution in [0.15, 0.2) is 122 Å². The molecule has 0 spiro atoms. The van der Waals surface area contributed by atoms with Gasteiger partial charge in [-0.05, 0) is 59.7 Å². The summed E-state index contributed by atoms with van der Waals surface area (Å²) in [5, 5.41) is 5.59. The molecule has 4 amide bonds. The normalized spacial score (nSPS) is 11.8. The van der Waals surface area contributed by atoms with Gasteiger partial charge in [-0.25, -0.2) is 4.98 Å². The fourth-order valence-electron chi connectivity index (χ4n) is 5.48. The average Bonchev–Trinajstić information content (AvgIpc) is 3.20. The van der Waals surface area contributed by atoms with Crippen LogP contribution in [0, 0.1) is 0 Å². The minimum Gasteiger partial charge on any atom is -0.497 e. The number of benzene rings is 4. The molecule has 1 heterocycles. The molecule has 2 N–H and O–H groups in total. The second-order valence-corrected chi connectivity index (χ2v) is 11.9. The molecule has 266 valence electrons. The molecule has 0 fully saturated rings. The molecular formula is C40H40N6O6. The SMILES string of the molecule is COc1ccc(N(C)C(=O)C(Cc2ccccc2)NC(=O)c2cncc(C(=O)N[C@@H](Cc3ccccc3)C(=O)N(C)c3ccc(OC)cc3)n2)cc1. The van der Waals surface area contributed by atoms with Crippen molar-refractivity contribution in [2.24, 2.45) is 0 Å². The van der Waals surface area contributed by atoms with E-state index in [1.54, 1.807) is 76.8 Å². The number of hydrogen-bond donors (Lipinski definition) is 2. The van der Waals surface area contributed by atoms with Crippen LogP contribution < -0.4 is 29.9 Å². The van der Waals surface area contributed by atoms with E-state index in [4.69, 9.17) is 9.47 Å². The van der Waals surface area contributed by atoms with Gasteiger partial charge in [0.2, 0.25) is 11.8 Å². The van der Waals surface area contributed by atoms with Gasteiger partial charge in [0.05, 0.1) is 26.6 Å². The van der Waals surface area contributed by atoms with E-state index in [0.717, 1.165) is 11.1 Å². The summed E-state index contributed by atoms with van der Waals surface area (Å²) in [6.07, 6.45) is 2.83. The predicted molar refractivity (Wildman–Crippen MR) is 198 cm³/mol. The van der Waals surface area contributed by atoms with Crippen molar-refractivity contribution in [2.75, 3.05) is 38.1 Å². The summed E-state index contributed by atoms with van der Waals surface area (Å²) in [6.45, 7) is 0. The van der Waals surface area contributed by atoms with E-state index in [0.29, 0.717) is 22.9 Å². The Balaban J connectivity index is 1.35. The van der Waals surface area contributed by atoms with Crippen molar-refractivity contribution in [1.82, 2.24) is 20.6 Å². The van der Waals surface area contributed by atoms with Crippen molar-refractivity contribution in [3.63, 3.8) is 0 Å². The molecule has 0 saturated carbocycles. The number of likely N-dealkylation sites (N-methyl/N-ethyl adjacent to an activating group) is 2.